The maximum absolute atomic E-state index is 8.86. The summed E-state index contributed by atoms with van der Waals surface area (Å²) in [5.74, 6) is 0. The molecule has 2 nitrogen and oxygen atoms in total. The summed E-state index contributed by atoms with van der Waals surface area (Å²) in [5, 5.41) is 12.3. The molecule has 0 radical (unpaired) electrons. The Morgan fingerprint density at radius 2 is 2.25 bits per heavy atom. The van der Waals surface area contributed by atoms with Gasteiger partial charge >= 0.3 is 0 Å². The number of aliphatic hydroxyl groups is 1. The highest BCUT2D eigenvalue weighted by molar-refractivity contribution is 4.87. The van der Waals surface area contributed by atoms with Crippen LogP contribution in [0.2, 0.25) is 0 Å². The number of hydrogen-bond donors (Lipinski definition) is 2. The first-order valence-electron chi connectivity index (χ1n) is 4.90. The van der Waals surface area contributed by atoms with Crippen molar-refractivity contribution in [3.05, 3.63) is 0 Å². The molecular formula is C10H21NO. The molecule has 1 rings (SSSR count). The van der Waals surface area contributed by atoms with Gasteiger partial charge in [0.15, 0.2) is 0 Å². The van der Waals surface area contributed by atoms with Gasteiger partial charge in [-0.05, 0) is 31.6 Å². The third-order valence-corrected chi connectivity index (χ3v) is 2.76. The fraction of sp³-hybridized carbons (Fsp3) is 1.00. The minimum atomic E-state index is 0.247. The average Bonchev–Trinajstić information content (AvgIpc) is 2.30. The zero-order valence-electron chi connectivity index (χ0n) is 8.43. The molecule has 2 atom stereocenters. The SMILES string of the molecule is CC(CO)NC1CCC(C)(C)C1. The van der Waals surface area contributed by atoms with Gasteiger partial charge in [0.25, 0.3) is 0 Å². The minimum absolute atomic E-state index is 0.247. The van der Waals surface area contributed by atoms with Crippen molar-refractivity contribution < 1.29 is 5.11 Å². The van der Waals surface area contributed by atoms with Gasteiger partial charge in [0, 0.05) is 12.1 Å². The Labute approximate surface area is 75.4 Å². The summed E-state index contributed by atoms with van der Waals surface area (Å²) >= 11 is 0. The highest BCUT2D eigenvalue weighted by Gasteiger charge is 2.30. The van der Waals surface area contributed by atoms with Gasteiger partial charge in [-0.15, -0.1) is 0 Å². The Hall–Kier alpha value is -0.0800. The zero-order valence-corrected chi connectivity index (χ0v) is 8.43. The molecule has 0 saturated heterocycles. The van der Waals surface area contributed by atoms with Crippen LogP contribution in [0.15, 0.2) is 0 Å². The van der Waals surface area contributed by atoms with E-state index in [1.54, 1.807) is 0 Å². The lowest BCUT2D eigenvalue weighted by molar-refractivity contribution is 0.237. The average molecular weight is 171 g/mol. The van der Waals surface area contributed by atoms with Crippen molar-refractivity contribution in [3.63, 3.8) is 0 Å². The van der Waals surface area contributed by atoms with E-state index in [1.807, 2.05) is 6.92 Å². The summed E-state index contributed by atoms with van der Waals surface area (Å²) in [6.45, 7) is 6.92. The molecule has 0 aromatic heterocycles. The smallest absolute Gasteiger partial charge is 0.0582 e. The van der Waals surface area contributed by atoms with Crippen LogP contribution in [0.4, 0.5) is 0 Å². The molecule has 0 aromatic carbocycles. The van der Waals surface area contributed by atoms with Gasteiger partial charge in [0.2, 0.25) is 0 Å². The first kappa shape index (κ1) is 10.0. The van der Waals surface area contributed by atoms with Crippen LogP contribution >= 0.6 is 0 Å². The van der Waals surface area contributed by atoms with E-state index >= 15 is 0 Å². The van der Waals surface area contributed by atoms with E-state index in [0.717, 1.165) is 0 Å². The van der Waals surface area contributed by atoms with E-state index in [-0.39, 0.29) is 12.6 Å². The summed E-state index contributed by atoms with van der Waals surface area (Å²) in [6, 6.07) is 0.881. The van der Waals surface area contributed by atoms with E-state index < -0.39 is 0 Å². The molecule has 1 fully saturated rings. The van der Waals surface area contributed by atoms with Crippen LogP contribution in [-0.4, -0.2) is 23.8 Å². The fourth-order valence-corrected chi connectivity index (χ4v) is 2.03. The number of hydrogen-bond acceptors (Lipinski definition) is 2. The fourth-order valence-electron chi connectivity index (χ4n) is 2.03. The lowest BCUT2D eigenvalue weighted by Gasteiger charge is -2.20. The van der Waals surface area contributed by atoms with Crippen molar-refractivity contribution in [2.24, 2.45) is 5.41 Å². The Morgan fingerprint density at radius 1 is 1.58 bits per heavy atom. The van der Waals surface area contributed by atoms with Crippen LogP contribution in [-0.2, 0) is 0 Å². The molecule has 1 saturated carbocycles. The van der Waals surface area contributed by atoms with E-state index in [9.17, 15) is 0 Å². The summed E-state index contributed by atoms with van der Waals surface area (Å²) in [4.78, 5) is 0. The molecular weight excluding hydrogens is 150 g/mol. The summed E-state index contributed by atoms with van der Waals surface area (Å²) in [7, 11) is 0. The second kappa shape index (κ2) is 3.75. The highest BCUT2D eigenvalue weighted by Crippen LogP contribution is 2.36. The van der Waals surface area contributed by atoms with Gasteiger partial charge in [0.05, 0.1) is 6.61 Å². The molecule has 0 aromatic rings. The van der Waals surface area contributed by atoms with E-state index in [2.05, 4.69) is 19.2 Å². The predicted molar refractivity (Wildman–Crippen MR) is 51.1 cm³/mol. The van der Waals surface area contributed by atoms with E-state index in [4.69, 9.17) is 5.11 Å². The van der Waals surface area contributed by atoms with Crippen LogP contribution in [0, 0.1) is 5.41 Å². The summed E-state index contributed by atoms with van der Waals surface area (Å²) in [5.41, 5.74) is 0.507. The maximum atomic E-state index is 8.86. The van der Waals surface area contributed by atoms with Crippen molar-refractivity contribution in [2.45, 2.75) is 52.1 Å². The van der Waals surface area contributed by atoms with Crippen LogP contribution in [0.5, 0.6) is 0 Å². The van der Waals surface area contributed by atoms with Crippen molar-refractivity contribution in [3.8, 4) is 0 Å². The predicted octanol–water partition coefficient (Wildman–Crippen LogP) is 1.54. The first-order chi connectivity index (χ1) is 5.53. The van der Waals surface area contributed by atoms with Crippen LogP contribution in [0.25, 0.3) is 0 Å². The monoisotopic (exact) mass is 171 g/mol. The Balaban J connectivity index is 2.28. The first-order valence-corrected chi connectivity index (χ1v) is 4.90. The minimum Gasteiger partial charge on any atom is -0.395 e. The molecule has 0 spiro atoms. The Bertz CT molecular complexity index is 145. The lowest BCUT2D eigenvalue weighted by Crippen LogP contribution is -2.37. The molecule has 0 aliphatic heterocycles. The van der Waals surface area contributed by atoms with Gasteiger partial charge in [-0.3, -0.25) is 0 Å². The second-order valence-corrected chi connectivity index (χ2v) is 4.85. The second-order valence-electron chi connectivity index (χ2n) is 4.85. The summed E-state index contributed by atoms with van der Waals surface area (Å²) in [6.07, 6.45) is 3.82. The van der Waals surface area contributed by atoms with Gasteiger partial charge in [-0.1, -0.05) is 13.8 Å². The molecule has 12 heavy (non-hydrogen) atoms. The molecule has 1 aliphatic carbocycles. The van der Waals surface area contributed by atoms with Crippen LogP contribution in [0.1, 0.15) is 40.0 Å². The molecule has 2 N–H and O–H groups in total. The largest absolute Gasteiger partial charge is 0.395 e. The molecule has 0 amide bonds. The quantitative estimate of drug-likeness (QED) is 0.675. The van der Waals surface area contributed by atoms with Crippen LogP contribution < -0.4 is 5.32 Å². The standard InChI is InChI=1S/C10H21NO/c1-8(7-12)11-9-4-5-10(2,3)6-9/h8-9,11-12H,4-7H2,1-3H3. The number of rotatable bonds is 3. The van der Waals surface area contributed by atoms with Crippen molar-refractivity contribution in [1.82, 2.24) is 5.32 Å². The molecule has 0 bridgehead atoms. The van der Waals surface area contributed by atoms with E-state index in [1.165, 1.54) is 19.3 Å². The Kier molecular flexibility index (Phi) is 3.13. The van der Waals surface area contributed by atoms with Gasteiger partial charge < -0.3 is 10.4 Å². The Morgan fingerprint density at radius 3 is 2.67 bits per heavy atom. The summed E-state index contributed by atoms with van der Waals surface area (Å²) < 4.78 is 0. The lowest BCUT2D eigenvalue weighted by atomic mass is 9.92. The normalized spacial score (nSPS) is 30.5. The zero-order chi connectivity index (χ0) is 9.19. The number of nitrogens with one attached hydrogen (secondary N) is 1. The third-order valence-electron chi connectivity index (χ3n) is 2.76. The molecule has 0 heterocycles. The van der Waals surface area contributed by atoms with Gasteiger partial charge in [0.1, 0.15) is 0 Å². The number of aliphatic hydroxyl groups excluding tert-OH is 1. The van der Waals surface area contributed by atoms with Gasteiger partial charge in [-0.25, -0.2) is 0 Å². The van der Waals surface area contributed by atoms with Crippen molar-refractivity contribution in [2.75, 3.05) is 6.61 Å². The molecule has 2 heteroatoms. The molecule has 2 unspecified atom stereocenters. The molecule has 72 valence electrons. The van der Waals surface area contributed by atoms with Crippen molar-refractivity contribution in [1.29, 1.82) is 0 Å². The third kappa shape index (κ3) is 2.76. The molecule has 1 aliphatic rings. The van der Waals surface area contributed by atoms with Gasteiger partial charge in [-0.2, -0.15) is 0 Å². The van der Waals surface area contributed by atoms with Crippen LogP contribution in [0.3, 0.4) is 0 Å². The highest BCUT2D eigenvalue weighted by atomic mass is 16.3. The maximum Gasteiger partial charge on any atom is 0.0582 e. The topological polar surface area (TPSA) is 32.3 Å². The van der Waals surface area contributed by atoms with E-state index in [0.29, 0.717) is 11.5 Å². The van der Waals surface area contributed by atoms with Crippen molar-refractivity contribution >= 4 is 0 Å².